The van der Waals surface area contributed by atoms with E-state index in [-0.39, 0.29) is 12.3 Å². The largest absolute Gasteiger partial charge is 0.325 e. The molecule has 2 aromatic carbocycles. The smallest absolute Gasteiger partial charge is 0.239 e. The van der Waals surface area contributed by atoms with Crippen LogP contribution in [0.2, 0.25) is 0 Å². The third kappa shape index (κ3) is 6.43. The van der Waals surface area contributed by atoms with Crippen LogP contribution in [0.15, 0.2) is 53.0 Å². The summed E-state index contributed by atoms with van der Waals surface area (Å²) in [5.41, 5.74) is 2.69. The molecule has 0 heterocycles. The van der Waals surface area contributed by atoms with Crippen molar-refractivity contribution in [1.29, 1.82) is 0 Å². The van der Waals surface area contributed by atoms with E-state index in [1.807, 2.05) is 31.2 Å². The lowest BCUT2D eigenvalue weighted by Gasteiger charge is -2.08. The zero-order valence-electron chi connectivity index (χ0n) is 13.3. The molecule has 0 atom stereocenters. The zero-order valence-corrected chi connectivity index (χ0v) is 15.7. The monoisotopic (exact) mass is 410 g/mol. The minimum absolute atomic E-state index is 0.0539. The summed E-state index contributed by atoms with van der Waals surface area (Å²) in [6, 6.07) is 14.8. The van der Waals surface area contributed by atoms with Crippen molar-refractivity contribution in [1.82, 2.24) is 4.72 Å². The van der Waals surface area contributed by atoms with Crippen molar-refractivity contribution in [3.8, 4) is 0 Å². The van der Waals surface area contributed by atoms with E-state index in [9.17, 15) is 13.2 Å². The molecule has 0 aliphatic rings. The average Bonchev–Trinajstić information content (AvgIpc) is 2.55. The molecule has 0 unspecified atom stereocenters. The minimum Gasteiger partial charge on any atom is -0.325 e. The van der Waals surface area contributed by atoms with Gasteiger partial charge >= 0.3 is 0 Å². The Morgan fingerprint density at radius 1 is 1.04 bits per heavy atom. The molecule has 7 heteroatoms. The second-order valence-corrected chi connectivity index (χ2v) is 8.27. The Morgan fingerprint density at radius 3 is 2.29 bits per heavy atom. The fraction of sp³-hybridized carbons (Fsp3) is 0.235. The molecular formula is C17H19BrN2O3S. The SMILES string of the molecule is Cc1ccc(CCS(=O)(=O)NCC(=O)Nc2ccc(Br)cc2)cc1. The Labute approximate surface area is 150 Å². The molecular weight excluding hydrogens is 392 g/mol. The number of carbonyl (C=O) groups excluding carboxylic acids is 1. The molecule has 0 aliphatic heterocycles. The van der Waals surface area contributed by atoms with E-state index in [2.05, 4.69) is 26.0 Å². The maximum absolute atomic E-state index is 12.0. The highest BCUT2D eigenvalue weighted by Gasteiger charge is 2.12. The third-order valence-corrected chi connectivity index (χ3v) is 5.22. The van der Waals surface area contributed by atoms with Crippen LogP contribution >= 0.6 is 15.9 Å². The van der Waals surface area contributed by atoms with Crippen molar-refractivity contribution < 1.29 is 13.2 Å². The summed E-state index contributed by atoms with van der Waals surface area (Å²) in [4.78, 5) is 11.8. The van der Waals surface area contributed by atoms with Crippen LogP contribution in [0.25, 0.3) is 0 Å². The normalized spacial score (nSPS) is 11.2. The van der Waals surface area contributed by atoms with Crippen LogP contribution in [0.5, 0.6) is 0 Å². The summed E-state index contributed by atoms with van der Waals surface area (Å²) >= 11 is 3.30. The van der Waals surface area contributed by atoms with Crippen molar-refractivity contribution in [2.45, 2.75) is 13.3 Å². The van der Waals surface area contributed by atoms with Crippen molar-refractivity contribution in [3.63, 3.8) is 0 Å². The maximum Gasteiger partial charge on any atom is 0.239 e. The van der Waals surface area contributed by atoms with E-state index in [1.54, 1.807) is 24.3 Å². The van der Waals surface area contributed by atoms with E-state index in [0.717, 1.165) is 15.6 Å². The molecule has 0 bridgehead atoms. The first kappa shape index (κ1) is 18.6. The summed E-state index contributed by atoms with van der Waals surface area (Å²) in [6.07, 6.45) is 0.407. The lowest BCUT2D eigenvalue weighted by molar-refractivity contribution is -0.115. The van der Waals surface area contributed by atoms with Gasteiger partial charge < -0.3 is 5.32 Å². The molecule has 1 amide bonds. The molecule has 2 aromatic rings. The van der Waals surface area contributed by atoms with E-state index >= 15 is 0 Å². The Morgan fingerprint density at radius 2 is 1.67 bits per heavy atom. The predicted octanol–water partition coefficient (Wildman–Crippen LogP) is 2.86. The first-order valence-corrected chi connectivity index (χ1v) is 9.87. The summed E-state index contributed by atoms with van der Waals surface area (Å²) < 4.78 is 27.2. The molecule has 0 saturated carbocycles. The fourth-order valence-electron chi connectivity index (χ4n) is 1.99. The second kappa shape index (κ2) is 8.41. The van der Waals surface area contributed by atoms with Crippen molar-refractivity contribution in [2.75, 3.05) is 17.6 Å². The van der Waals surface area contributed by atoms with Crippen molar-refractivity contribution in [2.24, 2.45) is 0 Å². The van der Waals surface area contributed by atoms with Gasteiger partial charge in [-0.2, -0.15) is 0 Å². The number of amides is 1. The van der Waals surface area contributed by atoms with E-state index < -0.39 is 15.9 Å². The highest BCUT2D eigenvalue weighted by atomic mass is 79.9. The number of carbonyl (C=O) groups is 1. The van der Waals surface area contributed by atoms with Gasteiger partial charge in [0.25, 0.3) is 0 Å². The van der Waals surface area contributed by atoms with Crippen LogP contribution in [-0.2, 0) is 21.2 Å². The summed E-state index contributed by atoms with van der Waals surface area (Å²) in [5, 5.41) is 2.64. The molecule has 0 aromatic heterocycles. The molecule has 5 nitrogen and oxygen atoms in total. The van der Waals surface area contributed by atoms with Crippen molar-refractivity contribution in [3.05, 3.63) is 64.1 Å². The molecule has 0 aliphatic carbocycles. The van der Waals surface area contributed by atoms with Gasteiger partial charge in [0.15, 0.2) is 0 Å². The average molecular weight is 411 g/mol. The maximum atomic E-state index is 12.0. The lowest BCUT2D eigenvalue weighted by atomic mass is 10.1. The summed E-state index contributed by atoms with van der Waals surface area (Å²) in [6.45, 7) is 1.69. The molecule has 0 radical (unpaired) electrons. The van der Waals surface area contributed by atoms with Gasteiger partial charge in [-0.25, -0.2) is 13.1 Å². The summed E-state index contributed by atoms with van der Waals surface area (Å²) in [7, 11) is -3.50. The number of anilines is 1. The number of halogens is 1. The number of benzene rings is 2. The van der Waals surface area contributed by atoms with Crippen LogP contribution in [0.1, 0.15) is 11.1 Å². The van der Waals surface area contributed by atoms with Crippen molar-refractivity contribution >= 4 is 37.5 Å². The number of hydrogen-bond acceptors (Lipinski definition) is 3. The second-order valence-electron chi connectivity index (χ2n) is 5.43. The number of nitrogens with one attached hydrogen (secondary N) is 2. The van der Waals surface area contributed by atoms with Gasteiger partial charge in [0.05, 0.1) is 12.3 Å². The van der Waals surface area contributed by atoms with Gasteiger partial charge in [-0.15, -0.1) is 0 Å². The van der Waals surface area contributed by atoms with Crippen LogP contribution < -0.4 is 10.0 Å². The van der Waals surface area contributed by atoms with Gasteiger partial charge in [0.2, 0.25) is 15.9 Å². The van der Waals surface area contributed by atoms with Crippen LogP contribution in [0.3, 0.4) is 0 Å². The fourth-order valence-corrected chi connectivity index (χ4v) is 3.26. The lowest BCUT2D eigenvalue weighted by Crippen LogP contribution is -2.34. The van der Waals surface area contributed by atoms with Crippen LogP contribution in [0, 0.1) is 6.92 Å². The topological polar surface area (TPSA) is 75.3 Å². The summed E-state index contributed by atoms with van der Waals surface area (Å²) in [5.74, 6) is -0.460. The molecule has 2 N–H and O–H groups in total. The molecule has 2 rings (SSSR count). The third-order valence-electron chi connectivity index (χ3n) is 3.36. The number of aryl methyl sites for hydroxylation is 2. The number of sulfonamides is 1. The van der Waals surface area contributed by atoms with Gasteiger partial charge in [0.1, 0.15) is 0 Å². The highest BCUT2D eigenvalue weighted by Crippen LogP contribution is 2.13. The minimum atomic E-state index is -3.50. The molecule has 128 valence electrons. The van der Waals surface area contributed by atoms with Crippen LogP contribution in [-0.4, -0.2) is 26.6 Å². The molecule has 24 heavy (non-hydrogen) atoms. The Bertz CT molecular complexity index is 788. The Kier molecular flexibility index (Phi) is 6.53. The van der Waals surface area contributed by atoms with E-state index in [4.69, 9.17) is 0 Å². The van der Waals surface area contributed by atoms with Gasteiger partial charge in [-0.05, 0) is 43.2 Å². The predicted molar refractivity (Wildman–Crippen MR) is 99.4 cm³/mol. The van der Waals surface area contributed by atoms with Gasteiger partial charge in [-0.3, -0.25) is 4.79 Å². The molecule has 0 saturated heterocycles. The Hall–Kier alpha value is -1.70. The zero-order chi connectivity index (χ0) is 17.6. The molecule has 0 spiro atoms. The standard InChI is InChI=1S/C17H19BrN2O3S/c1-13-2-4-14(5-3-13)10-11-24(22,23)19-12-17(21)20-16-8-6-15(18)7-9-16/h2-9,19H,10-12H2,1H3,(H,20,21). The van der Waals surface area contributed by atoms with E-state index in [0.29, 0.717) is 12.1 Å². The van der Waals surface area contributed by atoms with Crippen LogP contribution in [0.4, 0.5) is 5.69 Å². The quantitative estimate of drug-likeness (QED) is 0.736. The number of rotatable bonds is 7. The highest BCUT2D eigenvalue weighted by molar-refractivity contribution is 9.10. The first-order chi connectivity index (χ1) is 11.3. The Balaban J connectivity index is 1.79. The van der Waals surface area contributed by atoms with Gasteiger partial charge in [0, 0.05) is 10.2 Å². The first-order valence-electron chi connectivity index (χ1n) is 7.42. The van der Waals surface area contributed by atoms with E-state index in [1.165, 1.54) is 0 Å². The van der Waals surface area contributed by atoms with Gasteiger partial charge in [-0.1, -0.05) is 45.8 Å². The molecule has 0 fully saturated rings. The number of hydrogen-bond donors (Lipinski definition) is 2.